The van der Waals surface area contributed by atoms with E-state index in [2.05, 4.69) is 215 Å². The van der Waals surface area contributed by atoms with Crippen LogP contribution in [0, 0.1) is 5.92 Å². The number of benzene rings is 5. The third-order valence-corrected chi connectivity index (χ3v) is 13.9. The van der Waals surface area contributed by atoms with Crippen molar-refractivity contribution in [3.63, 3.8) is 0 Å². The summed E-state index contributed by atoms with van der Waals surface area (Å²) in [6, 6.07) is 47.0. The summed E-state index contributed by atoms with van der Waals surface area (Å²) in [4.78, 5) is 0. The number of nitrogens with zero attached hydrogens (tertiary/aromatic N) is 1. The van der Waals surface area contributed by atoms with Crippen LogP contribution in [0.25, 0.3) is 39.5 Å². The molecule has 3 aliphatic carbocycles. The van der Waals surface area contributed by atoms with Gasteiger partial charge in [-0.2, -0.15) is 0 Å². The van der Waals surface area contributed by atoms with Crippen molar-refractivity contribution >= 4 is 34.4 Å². The van der Waals surface area contributed by atoms with Crippen molar-refractivity contribution in [3.05, 3.63) is 221 Å². The Hall–Kier alpha value is -5.81. The van der Waals surface area contributed by atoms with E-state index < -0.39 is 0 Å². The fourth-order valence-electron chi connectivity index (χ4n) is 9.56. The first kappa shape index (κ1) is 33.5. The lowest BCUT2D eigenvalue weighted by molar-refractivity contribution is 0.443. The average molecular weight is 742 g/mol. The first-order valence-electron chi connectivity index (χ1n) is 20.0. The Balaban J connectivity index is 0.938. The number of hydrogen-bond donors (Lipinski definition) is 2. The smallest absolute Gasteiger partial charge is 0.104 e. The van der Waals surface area contributed by atoms with Crippen molar-refractivity contribution in [1.82, 2.24) is 15.2 Å². The summed E-state index contributed by atoms with van der Waals surface area (Å²) in [5.74, 6) is 0.872. The molecule has 3 nitrogen and oxygen atoms in total. The van der Waals surface area contributed by atoms with Gasteiger partial charge < -0.3 is 9.88 Å². The number of aromatic nitrogens is 1. The van der Waals surface area contributed by atoms with Gasteiger partial charge in [-0.3, -0.25) is 5.32 Å². The van der Waals surface area contributed by atoms with Crippen molar-refractivity contribution in [2.24, 2.45) is 5.92 Å². The van der Waals surface area contributed by atoms with Crippen molar-refractivity contribution in [3.8, 4) is 16.8 Å². The summed E-state index contributed by atoms with van der Waals surface area (Å²) in [7, 11) is 0. The summed E-state index contributed by atoms with van der Waals surface area (Å²) in [6.07, 6.45) is 25.4. The van der Waals surface area contributed by atoms with Crippen molar-refractivity contribution in [2.45, 2.75) is 41.5 Å². The molecular formula is C52H43N3S. The molecule has 11 rings (SSSR count). The highest BCUT2D eigenvalue weighted by molar-refractivity contribution is 8.01. The predicted octanol–water partition coefficient (Wildman–Crippen LogP) is 12.0. The lowest BCUT2D eigenvalue weighted by atomic mass is 9.81. The van der Waals surface area contributed by atoms with Gasteiger partial charge in [-0.1, -0.05) is 152 Å². The summed E-state index contributed by atoms with van der Waals surface area (Å²) in [5, 5.41) is 10.0. The van der Waals surface area contributed by atoms with Crippen molar-refractivity contribution < 1.29 is 0 Å². The number of allylic oxidation sites excluding steroid dienone is 7. The fourth-order valence-corrected chi connectivity index (χ4v) is 11.3. The van der Waals surface area contributed by atoms with Crippen LogP contribution in [0.4, 0.5) is 0 Å². The Labute approximate surface area is 333 Å². The molecule has 6 unspecified atom stereocenters. The maximum Gasteiger partial charge on any atom is 0.104 e. The molecule has 0 spiro atoms. The van der Waals surface area contributed by atoms with Crippen LogP contribution in [0.2, 0.25) is 0 Å². The first-order chi connectivity index (χ1) is 27.7. The second kappa shape index (κ2) is 14.0. The molecule has 0 saturated carbocycles. The van der Waals surface area contributed by atoms with Crippen LogP contribution >= 0.6 is 11.8 Å². The molecule has 1 aromatic heterocycles. The standard InChI is InChI=1S/C52H43N3S/c1-3-14-34(15-4-1)46-33-47(35-16-5-2-6-17-35)54-52(53-46)39-20-11-18-36(30-39)37-28-29-49-45(32-37)42-22-7-9-26-48(42)55(49)40-21-12-19-38(31-40)41-24-13-25-44-43-23-8-10-27-50(43)56-51(41)44/h1-8,10-25,27-33,41,43,46,50-54H,9,26H2. The zero-order valence-corrected chi connectivity index (χ0v) is 31.9. The number of rotatable bonds is 6. The minimum Gasteiger partial charge on any atom is -0.366 e. The van der Waals surface area contributed by atoms with Crippen LogP contribution in [0.1, 0.15) is 58.1 Å². The highest BCUT2D eigenvalue weighted by atomic mass is 32.2. The van der Waals surface area contributed by atoms with Crippen LogP contribution in [-0.4, -0.2) is 15.1 Å². The number of hydrogen-bond acceptors (Lipinski definition) is 3. The summed E-state index contributed by atoms with van der Waals surface area (Å²) >= 11 is 2.13. The fraction of sp³-hybridized carbons (Fsp3) is 0.154. The lowest BCUT2D eigenvalue weighted by Gasteiger charge is -2.33. The van der Waals surface area contributed by atoms with Gasteiger partial charge in [0.25, 0.3) is 0 Å². The lowest BCUT2D eigenvalue weighted by Crippen LogP contribution is -2.39. The third-order valence-electron chi connectivity index (χ3n) is 12.3. The Morgan fingerprint density at radius 3 is 2.32 bits per heavy atom. The van der Waals surface area contributed by atoms with Crippen LogP contribution in [0.3, 0.4) is 0 Å². The van der Waals surface area contributed by atoms with Gasteiger partial charge in [0.1, 0.15) is 6.17 Å². The number of fused-ring (bicyclic) bond motifs is 6. The molecule has 6 atom stereocenters. The maximum absolute atomic E-state index is 3.90. The molecule has 272 valence electrons. The van der Waals surface area contributed by atoms with Gasteiger partial charge in [-0.05, 0) is 88.2 Å². The summed E-state index contributed by atoms with van der Waals surface area (Å²) < 4.78 is 2.55. The summed E-state index contributed by atoms with van der Waals surface area (Å²) in [6.45, 7) is 0. The van der Waals surface area contributed by atoms with E-state index in [1.165, 1.54) is 61.2 Å². The molecule has 3 heterocycles. The molecule has 1 fully saturated rings. The zero-order chi connectivity index (χ0) is 37.0. The third kappa shape index (κ3) is 5.87. The van der Waals surface area contributed by atoms with Gasteiger partial charge in [0, 0.05) is 50.4 Å². The molecule has 0 radical (unpaired) electrons. The van der Waals surface area contributed by atoms with Gasteiger partial charge in [0.2, 0.25) is 0 Å². The van der Waals surface area contributed by atoms with E-state index in [9.17, 15) is 0 Å². The first-order valence-corrected chi connectivity index (χ1v) is 21.0. The topological polar surface area (TPSA) is 29.0 Å². The highest BCUT2D eigenvalue weighted by Crippen LogP contribution is 2.52. The molecule has 0 bridgehead atoms. The van der Waals surface area contributed by atoms with Crippen LogP contribution in [-0.2, 0) is 6.42 Å². The van der Waals surface area contributed by atoms with Gasteiger partial charge in [-0.15, -0.1) is 11.8 Å². The normalized spacial score (nSPS) is 24.6. The molecule has 0 amide bonds. The minimum atomic E-state index is -0.0571. The minimum absolute atomic E-state index is 0.0571. The monoisotopic (exact) mass is 741 g/mol. The SMILES string of the molecule is C1=CC2SC3C(=CC=CC3c3cccc(-n4c5c(c6cc(-c7cccc(C8NC(c9ccccc9)=CC(c9ccccc9)N8)c7)ccc64)C=CCC5)c3)C2C=C1. The Kier molecular flexibility index (Phi) is 8.41. The molecule has 56 heavy (non-hydrogen) atoms. The van der Waals surface area contributed by atoms with E-state index in [1.807, 2.05) is 0 Å². The van der Waals surface area contributed by atoms with Crippen LogP contribution in [0.15, 0.2) is 188 Å². The number of nitrogens with one attached hydrogen (secondary N) is 2. The van der Waals surface area contributed by atoms with Gasteiger partial charge in [-0.25, -0.2) is 0 Å². The quantitative estimate of drug-likeness (QED) is 0.178. The Morgan fingerprint density at radius 1 is 0.643 bits per heavy atom. The van der Waals surface area contributed by atoms with Gasteiger partial charge in [0.15, 0.2) is 0 Å². The largest absolute Gasteiger partial charge is 0.366 e. The van der Waals surface area contributed by atoms with E-state index in [0.717, 1.165) is 18.5 Å². The van der Waals surface area contributed by atoms with Crippen molar-refractivity contribution in [2.75, 3.05) is 0 Å². The van der Waals surface area contributed by atoms with E-state index in [1.54, 1.807) is 5.57 Å². The summed E-state index contributed by atoms with van der Waals surface area (Å²) in [5.41, 5.74) is 15.5. The van der Waals surface area contributed by atoms with Gasteiger partial charge >= 0.3 is 0 Å². The molecule has 6 aromatic rings. The zero-order valence-electron chi connectivity index (χ0n) is 31.1. The Bertz CT molecular complexity index is 2660. The van der Waals surface area contributed by atoms with Crippen LogP contribution < -0.4 is 10.6 Å². The molecule has 5 aromatic carbocycles. The van der Waals surface area contributed by atoms with Crippen LogP contribution in [0.5, 0.6) is 0 Å². The second-order valence-corrected chi connectivity index (χ2v) is 16.9. The molecule has 1 saturated heterocycles. The molecule has 4 heteroatoms. The van der Waals surface area contributed by atoms with Crippen molar-refractivity contribution in [1.29, 1.82) is 0 Å². The average Bonchev–Trinajstić information content (AvgIpc) is 3.83. The molecule has 5 aliphatic rings. The van der Waals surface area contributed by atoms with E-state index in [0.29, 0.717) is 22.3 Å². The Morgan fingerprint density at radius 2 is 1.41 bits per heavy atom. The van der Waals surface area contributed by atoms with E-state index in [-0.39, 0.29) is 12.2 Å². The molecular weight excluding hydrogens is 699 g/mol. The van der Waals surface area contributed by atoms with E-state index >= 15 is 0 Å². The number of thioether (sulfide) groups is 1. The van der Waals surface area contributed by atoms with Gasteiger partial charge in [0.05, 0.1) is 11.6 Å². The second-order valence-electron chi connectivity index (χ2n) is 15.6. The molecule has 2 N–H and O–H groups in total. The van der Waals surface area contributed by atoms with E-state index in [4.69, 9.17) is 0 Å². The molecule has 2 aliphatic heterocycles. The maximum atomic E-state index is 3.90. The predicted molar refractivity (Wildman–Crippen MR) is 236 cm³/mol. The highest BCUT2D eigenvalue weighted by Gasteiger charge is 2.42.